The van der Waals surface area contributed by atoms with Gasteiger partial charge in [-0.05, 0) is 64.3 Å². The summed E-state index contributed by atoms with van der Waals surface area (Å²) in [6, 6.07) is 8.53. The van der Waals surface area contributed by atoms with Crippen molar-refractivity contribution >= 4 is 11.0 Å². The number of hydrogen-bond donors (Lipinski definition) is 2. The molecule has 5 heteroatoms. The van der Waals surface area contributed by atoms with Gasteiger partial charge in [-0.15, -0.1) is 0 Å². The number of rotatable bonds is 10. The van der Waals surface area contributed by atoms with Crippen LogP contribution in [0.1, 0.15) is 40.0 Å². The molecular formula is C24H30O5. The monoisotopic (exact) mass is 398 g/mol. The highest BCUT2D eigenvalue weighted by Gasteiger charge is 2.14. The van der Waals surface area contributed by atoms with Gasteiger partial charge in [-0.25, -0.2) is 4.79 Å². The van der Waals surface area contributed by atoms with E-state index < -0.39 is 5.60 Å². The maximum Gasteiger partial charge on any atom is 0.336 e. The van der Waals surface area contributed by atoms with Crippen molar-refractivity contribution in [3.8, 4) is 5.75 Å². The summed E-state index contributed by atoms with van der Waals surface area (Å²) in [7, 11) is 0. The van der Waals surface area contributed by atoms with Gasteiger partial charge in [0.1, 0.15) is 17.9 Å². The predicted molar refractivity (Wildman–Crippen MR) is 116 cm³/mol. The molecule has 0 unspecified atom stereocenters. The summed E-state index contributed by atoms with van der Waals surface area (Å²) >= 11 is 0. The summed E-state index contributed by atoms with van der Waals surface area (Å²) in [6.07, 6.45) is 9.75. The van der Waals surface area contributed by atoms with E-state index in [1.807, 2.05) is 50.3 Å². The third kappa shape index (κ3) is 8.10. The van der Waals surface area contributed by atoms with Gasteiger partial charge in [-0.2, -0.15) is 0 Å². The molecule has 2 aromatic rings. The fourth-order valence-electron chi connectivity index (χ4n) is 2.75. The van der Waals surface area contributed by atoms with Crippen molar-refractivity contribution in [2.75, 3.05) is 13.2 Å². The molecule has 1 heterocycles. The van der Waals surface area contributed by atoms with Crippen LogP contribution in [0.5, 0.6) is 5.75 Å². The molecule has 0 amide bonds. The highest BCUT2D eigenvalue weighted by molar-refractivity contribution is 5.77. The second kappa shape index (κ2) is 10.8. The summed E-state index contributed by atoms with van der Waals surface area (Å²) in [5.74, 6) is 0.639. The molecule has 0 bridgehead atoms. The van der Waals surface area contributed by atoms with E-state index in [4.69, 9.17) is 14.3 Å². The fraction of sp³-hybridized carbons (Fsp3) is 0.375. The SMILES string of the molecule is CC(=CCC[C@](C)(O)C=CCC(C)=CCOc1ccc2ccc(=O)oc2c1)CO. The summed E-state index contributed by atoms with van der Waals surface area (Å²) in [5, 5.41) is 20.2. The Morgan fingerprint density at radius 1 is 1.17 bits per heavy atom. The molecule has 29 heavy (non-hydrogen) atoms. The lowest BCUT2D eigenvalue weighted by Crippen LogP contribution is -2.20. The third-order valence-corrected chi connectivity index (χ3v) is 4.59. The van der Waals surface area contributed by atoms with Crippen LogP contribution in [0.3, 0.4) is 0 Å². The van der Waals surface area contributed by atoms with Gasteiger partial charge in [0.15, 0.2) is 0 Å². The second-order valence-corrected chi connectivity index (χ2v) is 7.53. The van der Waals surface area contributed by atoms with Crippen LogP contribution < -0.4 is 10.4 Å². The number of hydrogen-bond acceptors (Lipinski definition) is 5. The smallest absolute Gasteiger partial charge is 0.336 e. The van der Waals surface area contributed by atoms with Crippen molar-refractivity contribution in [3.63, 3.8) is 0 Å². The van der Waals surface area contributed by atoms with E-state index in [0.717, 1.165) is 29.4 Å². The molecule has 0 aliphatic rings. The van der Waals surface area contributed by atoms with Gasteiger partial charge >= 0.3 is 5.63 Å². The second-order valence-electron chi connectivity index (χ2n) is 7.53. The normalized spacial score (nSPS) is 15.1. The lowest BCUT2D eigenvalue weighted by Gasteiger charge is -2.18. The van der Waals surface area contributed by atoms with Gasteiger partial charge in [-0.3, -0.25) is 0 Å². The summed E-state index contributed by atoms with van der Waals surface area (Å²) in [6.45, 7) is 6.12. The number of fused-ring (bicyclic) bond motifs is 1. The van der Waals surface area contributed by atoms with E-state index in [0.29, 0.717) is 24.4 Å². The molecule has 5 nitrogen and oxygen atoms in total. The molecule has 2 rings (SSSR count). The van der Waals surface area contributed by atoms with E-state index in [9.17, 15) is 9.90 Å². The van der Waals surface area contributed by atoms with Crippen molar-refractivity contribution in [2.24, 2.45) is 0 Å². The van der Waals surface area contributed by atoms with Gasteiger partial charge in [0.25, 0.3) is 0 Å². The maximum atomic E-state index is 11.3. The molecule has 0 spiro atoms. The minimum Gasteiger partial charge on any atom is -0.489 e. The molecule has 1 aromatic carbocycles. The lowest BCUT2D eigenvalue weighted by molar-refractivity contribution is 0.103. The Morgan fingerprint density at radius 3 is 2.69 bits per heavy atom. The zero-order valence-electron chi connectivity index (χ0n) is 17.4. The Morgan fingerprint density at radius 2 is 1.93 bits per heavy atom. The molecule has 0 saturated heterocycles. The van der Waals surface area contributed by atoms with Crippen LogP contribution in [-0.4, -0.2) is 29.0 Å². The Balaban J connectivity index is 1.82. The Labute approximate surface area is 171 Å². The molecule has 0 saturated carbocycles. The topological polar surface area (TPSA) is 79.9 Å². The van der Waals surface area contributed by atoms with Crippen LogP contribution in [0.25, 0.3) is 11.0 Å². The van der Waals surface area contributed by atoms with E-state index >= 15 is 0 Å². The molecule has 1 atom stereocenters. The van der Waals surface area contributed by atoms with E-state index in [1.165, 1.54) is 6.07 Å². The van der Waals surface area contributed by atoms with Crippen LogP contribution in [0.2, 0.25) is 0 Å². The van der Waals surface area contributed by atoms with Crippen molar-refractivity contribution in [2.45, 2.75) is 45.6 Å². The Kier molecular flexibility index (Phi) is 8.43. The van der Waals surface area contributed by atoms with Gasteiger partial charge < -0.3 is 19.4 Å². The number of aliphatic hydroxyl groups excluding tert-OH is 1. The molecule has 2 N–H and O–H groups in total. The standard InChI is InChI=1S/C24H30O5/c1-18(6-4-13-24(3,27)14-5-7-19(2)17-25)12-15-28-21-10-8-20-9-11-23(26)29-22(20)16-21/h4,7-13,16,25,27H,5-6,14-15,17H2,1-3H3/t24-/m1/s1. The summed E-state index contributed by atoms with van der Waals surface area (Å²) in [4.78, 5) is 11.3. The fourth-order valence-corrected chi connectivity index (χ4v) is 2.75. The van der Waals surface area contributed by atoms with Crippen molar-refractivity contribution in [1.29, 1.82) is 0 Å². The minimum atomic E-state index is -0.877. The van der Waals surface area contributed by atoms with Crippen LogP contribution in [0.15, 0.2) is 75.0 Å². The Bertz CT molecular complexity index is 947. The molecule has 0 aliphatic heterocycles. The quantitative estimate of drug-likeness (QED) is 0.454. The number of aliphatic hydroxyl groups is 2. The zero-order valence-corrected chi connectivity index (χ0v) is 17.4. The lowest BCUT2D eigenvalue weighted by atomic mass is 9.98. The van der Waals surface area contributed by atoms with E-state index in [-0.39, 0.29) is 12.2 Å². The Hall–Kier alpha value is -2.63. The van der Waals surface area contributed by atoms with Crippen molar-refractivity contribution < 1.29 is 19.4 Å². The first-order chi connectivity index (χ1) is 13.8. The largest absolute Gasteiger partial charge is 0.489 e. The number of ether oxygens (including phenoxy) is 1. The zero-order chi connectivity index (χ0) is 21.3. The minimum absolute atomic E-state index is 0.0533. The van der Waals surface area contributed by atoms with Gasteiger partial charge in [0, 0.05) is 17.5 Å². The predicted octanol–water partition coefficient (Wildman–Crippen LogP) is 4.53. The first-order valence-electron chi connectivity index (χ1n) is 9.78. The highest BCUT2D eigenvalue weighted by atomic mass is 16.5. The van der Waals surface area contributed by atoms with Gasteiger partial charge in [0.2, 0.25) is 0 Å². The number of allylic oxidation sites excluding steroid dienone is 3. The highest BCUT2D eigenvalue weighted by Crippen LogP contribution is 2.20. The summed E-state index contributed by atoms with van der Waals surface area (Å²) in [5.41, 5.74) is 1.29. The van der Waals surface area contributed by atoms with Crippen LogP contribution in [0.4, 0.5) is 0 Å². The third-order valence-electron chi connectivity index (χ3n) is 4.59. The van der Waals surface area contributed by atoms with Crippen molar-refractivity contribution in [1.82, 2.24) is 0 Å². The molecular weight excluding hydrogens is 368 g/mol. The maximum absolute atomic E-state index is 11.3. The molecule has 1 aromatic heterocycles. The average molecular weight is 398 g/mol. The van der Waals surface area contributed by atoms with Gasteiger partial charge in [-0.1, -0.05) is 29.4 Å². The molecule has 0 radical (unpaired) electrons. The number of benzene rings is 1. The molecule has 0 aliphatic carbocycles. The average Bonchev–Trinajstić information content (AvgIpc) is 2.67. The van der Waals surface area contributed by atoms with Crippen LogP contribution in [0, 0.1) is 0 Å². The van der Waals surface area contributed by atoms with Gasteiger partial charge in [0.05, 0.1) is 12.2 Å². The van der Waals surface area contributed by atoms with Crippen LogP contribution >= 0.6 is 0 Å². The van der Waals surface area contributed by atoms with E-state index in [1.54, 1.807) is 19.1 Å². The van der Waals surface area contributed by atoms with Crippen LogP contribution in [-0.2, 0) is 0 Å². The van der Waals surface area contributed by atoms with Crippen molar-refractivity contribution in [3.05, 3.63) is 76.2 Å². The van der Waals surface area contributed by atoms with E-state index in [2.05, 4.69) is 0 Å². The summed E-state index contributed by atoms with van der Waals surface area (Å²) < 4.78 is 10.9. The first kappa shape index (κ1) is 22.7. The molecule has 0 fully saturated rings. The first-order valence-corrected chi connectivity index (χ1v) is 9.78. The molecule has 156 valence electrons.